The van der Waals surface area contributed by atoms with Gasteiger partial charge in [0.05, 0.1) is 23.2 Å². The normalized spacial score (nSPS) is 15.5. The van der Waals surface area contributed by atoms with Gasteiger partial charge >= 0.3 is 18.4 Å². The highest BCUT2D eigenvalue weighted by atomic mass is 19.4. The Balaban J connectivity index is 1.50. The summed E-state index contributed by atoms with van der Waals surface area (Å²) < 4.78 is 88.1. The number of halogens is 6. The van der Waals surface area contributed by atoms with E-state index < -0.39 is 41.7 Å². The van der Waals surface area contributed by atoms with Crippen molar-refractivity contribution in [2.75, 3.05) is 31.1 Å². The number of alkyl halides is 6. The molecule has 2 aliphatic carbocycles. The monoisotopic (exact) mass is 721 g/mol. The van der Waals surface area contributed by atoms with E-state index in [2.05, 4.69) is 20.7 Å². The number of carbonyl (C=O) groups excluding carboxylic acids is 1. The van der Waals surface area contributed by atoms with Gasteiger partial charge in [-0.1, -0.05) is 18.2 Å². The summed E-state index contributed by atoms with van der Waals surface area (Å²) in [5, 5.41) is 7.61. The Morgan fingerprint density at radius 3 is 2.08 bits per heavy atom. The van der Waals surface area contributed by atoms with E-state index in [1.807, 2.05) is 31.2 Å². The smallest absolute Gasteiger partial charge is 0.416 e. The van der Waals surface area contributed by atoms with Crippen LogP contribution in [0.5, 0.6) is 0 Å². The fourth-order valence-corrected chi connectivity index (χ4v) is 5.74. The molecule has 2 saturated carbocycles. The third-order valence-electron chi connectivity index (χ3n) is 8.56. The van der Waals surface area contributed by atoms with E-state index in [9.17, 15) is 31.1 Å². The van der Waals surface area contributed by atoms with Gasteiger partial charge in [0, 0.05) is 43.7 Å². The number of nitrogens with one attached hydrogen (secondary N) is 2. The summed E-state index contributed by atoms with van der Waals surface area (Å²) >= 11 is 0. The van der Waals surface area contributed by atoms with Crippen LogP contribution in [-0.2, 0) is 30.2 Å². The number of anilines is 1. The molecule has 5 rings (SSSR count). The third-order valence-corrected chi connectivity index (χ3v) is 8.56. The molecule has 0 aliphatic heterocycles. The van der Waals surface area contributed by atoms with Crippen molar-refractivity contribution in [1.82, 2.24) is 20.6 Å². The number of hydrazone groups is 1. The van der Waals surface area contributed by atoms with Crippen molar-refractivity contribution in [2.45, 2.75) is 84.4 Å². The van der Waals surface area contributed by atoms with E-state index >= 15 is 0 Å². The second-order valence-electron chi connectivity index (χ2n) is 14.5. The molecular formula is C36H45F6N7O2. The molecule has 0 bridgehead atoms. The van der Waals surface area contributed by atoms with E-state index in [0.717, 1.165) is 55.2 Å². The summed E-state index contributed by atoms with van der Waals surface area (Å²) in [6.45, 7) is 8.51. The molecule has 2 aliphatic rings. The number of guanidine groups is 1. The number of rotatable bonds is 13. The Labute approximate surface area is 293 Å². The van der Waals surface area contributed by atoms with Crippen molar-refractivity contribution in [1.29, 1.82) is 0 Å². The Morgan fingerprint density at radius 1 is 0.922 bits per heavy atom. The SMILES string of the molecule is Cc1cccc2cc(CN(Cc3cc(C(F)(F)F)cc(C(F)(F)F)c3)/C(N)=N/NCCNC(=O)OC(C)(C)C)c(N(CC3CC3)CC3CC3)nc12. The van der Waals surface area contributed by atoms with Crippen molar-refractivity contribution in [2.24, 2.45) is 22.7 Å². The highest BCUT2D eigenvalue weighted by Crippen LogP contribution is 2.39. The van der Waals surface area contributed by atoms with Crippen LogP contribution in [0.4, 0.5) is 37.0 Å². The maximum atomic E-state index is 13.8. The molecule has 15 heteroatoms. The van der Waals surface area contributed by atoms with Gasteiger partial charge in [0.1, 0.15) is 11.4 Å². The third kappa shape index (κ3) is 11.0. The number of hydrogen-bond donors (Lipinski definition) is 3. The van der Waals surface area contributed by atoms with Gasteiger partial charge in [-0.3, -0.25) is 0 Å². The number of amides is 1. The van der Waals surface area contributed by atoms with Crippen LogP contribution in [0.15, 0.2) is 47.6 Å². The topological polar surface area (TPSA) is 108 Å². The average molecular weight is 722 g/mol. The van der Waals surface area contributed by atoms with E-state index in [1.165, 1.54) is 4.90 Å². The largest absolute Gasteiger partial charge is 0.444 e. The number of alkyl carbamates (subject to hydrolysis) is 1. The summed E-state index contributed by atoms with van der Waals surface area (Å²) in [7, 11) is 0. The van der Waals surface area contributed by atoms with Crippen LogP contribution in [0.2, 0.25) is 0 Å². The first-order chi connectivity index (χ1) is 23.9. The minimum absolute atomic E-state index is 0.0111. The van der Waals surface area contributed by atoms with Crippen molar-refractivity contribution in [3.8, 4) is 0 Å². The Bertz CT molecular complexity index is 1680. The molecule has 1 heterocycles. The molecule has 0 unspecified atom stereocenters. The number of fused-ring (bicyclic) bond motifs is 1. The maximum absolute atomic E-state index is 13.8. The summed E-state index contributed by atoms with van der Waals surface area (Å²) in [5.41, 5.74) is 7.90. The van der Waals surface area contributed by atoms with E-state index in [-0.39, 0.29) is 37.2 Å². The average Bonchev–Trinajstić information content (AvgIpc) is 3.96. The summed E-state index contributed by atoms with van der Waals surface area (Å²) in [4.78, 5) is 20.8. The highest BCUT2D eigenvalue weighted by molar-refractivity contribution is 5.85. The number of nitrogens with zero attached hydrogens (tertiary/aromatic N) is 4. The molecule has 0 atom stereocenters. The van der Waals surface area contributed by atoms with Crippen LogP contribution >= 0.6 is 0 Å². The number of para-hydroxylation sites is 1. The number of pyridine rings is 1. The lowest BCUT2D eigenvalue weighted by molar-refractivity contribution is -0.143. The number of aryl methyl sites for hydroxylation is 1. The zero-order valence-electron chi connectivity index (χ0n) is 29.2. The second-order valence-corrected chi connectivity index (χ2v) is 14.5. The molecule has 1 amide bonds. The molecule has 0 radical (unpaired) electrons. The summed E-state index contributed by atoms with van der Waals surface area (Å²) in [6.07, 6.45) is -6.21. The number of hydrogen-bond acceptors (Lipinski definition) is 6. The number of ether oxygens (including phenoxy) is 1. The molecule has 3 aromatic rings. The first-order valence-corrected chi connectivity index (χ1v) is 17.1. The Morgan fingerprint density at radius 2 is 1.53 bits per heavy atom. The second kappa shape index (κ2) is 15.0. The molecule has 4 N–H and O–H groups in total. The molecule has 9 nitrogen and oxygen atoms in total. The van der Waals surface area contributed by atoms with Gasteiger partial charge in [0.25, 0.3) is 0 Å². The number of benzene rings is 2. The van der Waals surface area contributed by atoms with Crippen molar-refractivity contribution < 1.29 is 35.9 Å². The fraction of sp³-hybridized carbons (Fsp3) is 0.528. The van der Waals surface area contributed by atoms with Crippen molar-refractivity contribution in [3.05, 3.63) is 70.3 Å². The minimum atomic E-state index is -5.01. The Kier molecular flexibility index (Phi) is 11.2. The van der Waals surface area contributed by atoms with Gasteiger partial charge in [0.2, 0.25) is 5.96 Å². The van der Waals surface area contributed by atoms with Gasteiger partial charge in [0.15, 0.2) is 0 Å². The molecule has 0 spiro atoms. The van der Waals surface area contributed by atoms with Crippen LogP contribution in [0, 0.1) is 18.8 Å². The van der Waals surface area contributed by atoms with E-state index in [0.29, 0.717) is 35.3 Å². The lowest BCUT2D eigenvalue weighted by Gasteiger charge is -2.30. The first kappa shape index (κ1) is 37.8. The van der Waals surface area contributed by atoms with Crippen LogP contribution in [0.1, 0.15) is 74.3 Å². The number of nitrogens with two attached hydrogens (primary N) is 1. The van der Waals surface area contributed by atoms with E-state index in [1.54, 1.807) is 20.8 Å². The van der Waals surface area contributed by atoms with Gasteiger partial charge < -0.3 is 31.0 Å². The van der Waals surface area contributed by atoms with E-state index in [4.69, 9.17) is 15.5 Å². The van der Waals surface area contributed by atoms with Gasteiger partial charge in [-0.15, -0.1) is 5.10 Å². The minimum Gasteiger partial charge on any atom is -0.444 e. The molecule has 1 aromatic heterocycles. The Hall–Kier alpha value is -4.43. The summed E-state index contributed by atoms with van der Waals surface area (Å²) in [6, 6.07) is 9.25. The van der Waals surface area contributed by atoms with Crippen LogP contribution in [0.25, 0.3) is 10.9 Å². The van der Waals surface area contributed by atoms with Gasteiger partial charge in [-0.25, -0.2) is 9.78 Å². The molecular weight excluding hydrogens is 676 g/mol. The lowest BCUT2D eigenvalue weighted by Crippen LogP contribution is -2.40. The zero-order valence-corrected chi connectivity index (χ0v) is 29.2. The van der Waals surface area contributed by atoms with Gasteiger partial charge in [-0.05, 0) is 101 Å². The maximum Gasteiger partial charge on any atom is 0.416 e. The van der Waals surface area contributed by atoms with Crippen molar-refractivity contribution >= 4 is 28.8 Å². The fourth-order valence-electron chi connectivity index (χ4n) is 5.74. The standard InChI is InChI=1S/C36H45F6N7O2/c1-22-6-5-7-26-16-27(31(46-30(22)26)48(18-23-8-9-23)19-24-10-11-24)21-49(32(43)47-45-13-12-44-33(50)51-34(2,3)4)20-25-14-28(35(37,38)39)17-29(15-25)36(40,41)42/h5-7,14-17,23-24,45H,8-13,18-21H2,1-4H3,(H2,43,47)(H,44,50). The van der Waals surface area contributed by atoms with Crippen LogP contribution in [-0.4, -0.2) is 53.7 Å². The lowest BCUT2D eigenvalue weighted by atomic mass is 10.0. The highest BCUT2D eigenvalue weighted by Gasteiger charge is 2.37. The predicted molar refractivity (Wildman–Crippen MR) is 184 cm³/mol. The predicted octanol–water partition coefficient (Wildman–Crippen LogP) is 7.55. The molecule has 2 aromatic carbocycles. The van der Waals surface area contributed by atoms with Crippen LogP contribution in [0.3, 0.4) is 0 Å². The molecule has 2 fully saturated rings. The first-order valence-electron chi connectivity index (χ1n) is 17.1. The zero-order chi connectivity index (χ0) is 37.1. The van der Waals surface area contributed by atoms with Gasteiger partial charge in [-0.2, -0.15) is 26.3 Å². The summed E-state index contributed by atoms with van der Waals surface area (Å²) in [5.74, 6) is 1.59. The molecule has 278 valence electrons. The van der Waals surface area contributed by atoms with Crippen LogP contribution < -0.4 is 21.4 Å². The molecule has 0 saturated heterocycles. The molecule has 51 heavy (non-hydrogen) atoms. The number of carbonyl (C=O) groups is 1. The quantitative estimate of drug-likeness (QED) is 0.0550. The van der Waals surface area contributed by atoms with Crippen molar-refractivity contribution in [3.63, 3.8) is 0 Å². The number of aromatic nitrogens is 1.